The Morgan fingerprint density at radius 1 is 1.14 bits per heavy atom. The molecule has 8 nitrogen and oxygen atoms in total. The molecule has 1 aliphatic heterocycles. The van der Waals surface area contributed by atoms with E-state index in [1.807, 2.05) is 0 Å². The fraction of sp³-hybridized carbons (Fsp3) is 0.150. The molecule has 0 unspecified atom stereocenters. The molecule has 0 spiro atoms. The van der Waals surface area contributed by atoms with Gasteiger partial charge in [0.2, 0.25) is 18.2 Å². The molecule has 1 aliphatic rings. The van der Waals surface area contributed by atoms with Crippen molar-refractivity contribution < 1.29 is 23.5 Å². The first-order valence-electron chi connectivity index (χ1n) is 8.54. The lowest BCUT2D eigenvalue weighted by Crippen LogP contribution is -2.14. The maximum atomic E-state index is 12.4. The number of nitrogens with zero attached hydrogens (tertiary/aromatic N) is 2. The van der Waals surface area contributed by atoms with Gasteiger partial charge < -0.3 is 14.5 Å². The number of anilines is 1. The fourth-order valence-electron chi connectivity index (χ4n) is 2.94. The molecule has 0 saturated heterocycles. The van der Waals surface area contributed by atoms with E-state index in [1.165, 1.54) is 6.39 Å². The third-order valence-electron chi connectivity index (χ3n) is 4.55. The highest BCUT2D eigenvalue weighted by Crippen LogP contribution is 2.32. The summed E-state index contributed by atoms with van der Waals surface area (Å²) in [6.45, 7) is 1.38. The van der Waals surface area contributed by atoms with Crippen molar-refractivity contribution in [1.29, 1.82) is 0 Å². The Kier molecular flexibility index (Phi) is 4.44. The van der Waals surface area contributed by atoms with Gasteiger partial charge in [0.05, 0.1) is 11.5 Å². The van der Waals surface area contributed by atoms with E-state index in [9.17, 15) is 14.4 Å². The second-order valence-electron chi connectivity index (χ2n) is 6.33. The van der Waals surface area contributed by atoms with Crippen molar-refractivity contribution in [3.8, 4) is 11.5 Å². The van der Waals surface area contributed by atoms with E-state index in [2.05, 4.69) is 15.5 Å². The number of fused-ring (bicyclic) bond motifs is 1. The fourth-order valence-corrected chi connectivity index (χ4v) is 2.94. The Balaban J connectivity index is 1.40. The van der Waals surface area contributed by atoms with Gasteiger partial charge in [0.1, 0.15) is 0 Å². The van der Waals surface area contributed by atoms with E-state index in [-0.39, 0.29) is 17.6 Å². The average molecular weight is 377 g/mol. The number of Topliss-reactive ketones (excluding diaryl/α,β-unsaturated/α-hetero) is 1. The van der Waals surface area contributed by atoms with E-state index in [0.29, 0.717) is 28.3 Å². The third-order valence-corrected chi connectivity index (χ3v) is 4.55. The van der Waals surface area contributed by atoms with Crippen molar-refractivity contribution in [3.05, 3.63) is 65.5 Å². The van der Waals surface area contributed by atoms with Gasteiger partial charge in [-0.3, -0.25) is 9.59 Å². The maximum absolute atomic E-state index is 12.4. The van der Waals surface area contributed by atoms with Gasteiger partial charge in [-0.1, -0.05) is 0 Å². The number of rotatable bonds is 5. The van der Waals surface area contributed by atoms with E-state index in [0.717, 1.165) is 5.56 Å². The number of esters is 1. The van der Waals surface area contributed by atoms with Crippen LogP contribution in [0.15, 0.2) is 53.3 Å². The van der Waals surface area contributed by atoms with Crippen LogP contribution in [0.5, 0.6) is 0 Å². The molecular weight excluding hydrogens is 362 g/mol. The van der Waals surface area contributed by atoms with Gasteiger partial charge in [-0.25, -0.2) is 4.79 Å². The third kappa shape index (κ3) is 3.27. The van der Waals surface area contributed by atoms with Gasteiger partial charge in [0, 0.05) is 16.8 Å². The van der Waals surface area contributed by atoms with Crippen LogP contribution in [0.1, 0.15) is 39.1 Å². The van der Waals surface area contributed by atoms with Crippen LogP contribution >= 0.6 is 0 Å². The van der Waals surface area contributed by atoms with Crippen LogP contribution in [0.4, 0.5) is 5.69 Å². The average Bonchev–Trinajstić information content (AvgIpc) is 3.35. The first-order valence-corrected chi connectivity index (χ1v) is 8.54. The molecular formula is C20H15N3O5. The zero-order chi connectivity index (χ0) is 19.7. The lowest BCUT2D eigenvalue weighted by Gasteiger charge is -2.07. The minimum Gasteiger partial charge on any atom is -0.454 e. The number of hydrogen-bond acceptors (Lipinski definition) is 7. The predicted octanol–water partition coefficient (Wildman–Crippen LogP) is 2.83. The summed E-state index contributed by atoms with van der Waals surface area (Å²) in [6.07, 6.45) is 1.22. The molecule has 0 saturated carbocycles. The smallest absolute Gasteiger partial charge is 0.338 e. The van der Waals surface area contributed by atoms with Crippen LogP contribution < -0.4 is 5.32 Å². The quantitative estimate of drug-likeness (QED) is 0.537. The number of ketones is 1. The molecule has 1 amide bonds. The van der Waals surface area contributed by atoms with E-state index >= 15 is 0 Å². The lowest BCUT2D eigenvalue weighted by molar-refractivity contribution is -0.116. The number of ether oxygens (including phenoxy) is 1. The van der Waals surface area contributed by atoms with Gasteiger partial charge in [-0.2, -0.15) is 0 Å². The number of nitrogens with one attached hydrogen (secondary N) is 1. The molecule has 1 atom stereocenters. The van der Waals surface area contributed by atoms with Crippen LogP contribution in [0.25, 0.3) is 11.5 Å². The number of benzene rings is 2. The molecule has 3 aromatic rings. The van der Waals surface area contributed by atoms with E-state index in [4.69, 9.17) is 9.15 Å². The maximum Gasteiger partial charge on any atom is 0.338 e. The molecule has 2 aromatic carbocycles. The Labute approximate surface area is 159 Å². The number of amides is 1. The molecule has 0 bridgehead atoms. The summed E-state index contributed by atoms with van der Waals surface area (Å²) < 4.78 is 10.2. The van der Waals surface area contributed by atoms with Gasteiger partial charge >= 0.3 is 5.97 Å². The summed E-state index contributed by atoms with van der Waals surface area (Å²) in [5, 5.41) is 10.1. The number of hydrogen-bond donors (Lipinski definition) is 1. The zero-order valence-electron chi connectivity index (χ0n) is 14.8. The summed E-state index contributed by atoms with van der Waals surface area (Å²) in [5.41, 5.74) is 2.82. The molecule has 2 heterocycles. The Hall–Kier alpha value is -3.81. The number of aromatic nitrogens is 2. The molecule has 8 heteroatoms. The van der Waals surface area contributed by atoms with Crippen molar-refractivity contribution in [2.45, 2.75) is 12.8 Å². The molecule has 0 radical (unpaired) electrons. The van der Waals surface area contributed by atoms with Gasteiger partial charge in [0.25, 0.3) is 0 Å². The number of carbonyl (C=O) groups is 3. The summed E-state index contributed by atoms with van der Waals surface area (Å²) >= 11 is 0. The highest BCUT2D eigenvalue weighted by molar-refractivity contribution is 6.05. The normalized spacial score (nSPS) is 15.0. The van der Waals surface area contributed by atoms with Crippen LogP contribution in [0, 0.1) is 0 Å². The zero-order valence-corrected chi connectivity index (χ0v) is 14.8. The van der Waals surface area contributed by atoms with Gasteiger partial charge in [-0.05, 0) is 55.0 Å². The van der Waals surface area contributed by atoms with E-state index < -0.39 is 12.6 Å². The standard InChI is InChI=1S/C20H15N3O5/c1-11-15-8-14(6-7-16(15)22-18(11)25)17(24)9-27-20(26)13-4-2-12(3-5-13)19-23-21-10-28-19/h2-8,10-11H,9H2,1H3,(H,22,25)/t11-/m0/s1. The molecule has 140 valence electrons. The second kappa shape index (κ2) is 7.07. The Morgan fingerprint density at radius 3 is 2.61 bits per heavy atom. The summed E-state index contributed by atoms with van der Waals surface area (Å²) in [6, 6.07) is 11.4. The van der Waals surface area contributed by atoms with Crippen molar-refractivity contribution >= 4 is 23.3 Å². The van der Waals surface area contributed by atoms with Crippen molar-refractivity contribution in [2.24, 2.45) is 0 Å². The van der Waals surface area contributed by atoms with Crippen LogP contribution in [-0.4, -0.2) is 34.5 Å². The summed E-state index contributed by atoms with van der Waals surface area (Å²) in [7, 11) is 0. The minimum atomic E-state index is -0.614. The summed E-state index contributed by atoms with van der Waals surface area (Å²) in [4.78, 5) is 36.3. The molecule has 1 aromatic heterocycles. The second-order valence-corrected chi connectivity index (χ2v) is 6.33. The predicted molar refractivity (Wildman–Crippen MR) is 97.8 cm³/mol. The molecule has 0 aliphatic carbocycles. The first-order chi connectivity index (χ1) is 13.5. The highest BCUT2D eigenvalue weighted by Gasteiger charge is 2.27. The Bertz CT molecular complexity index is 1060. The van der Waals surface area contributed by atoms with Crippen LogP contribution in [-0.2, 0) is 9.53 Å². The largest absolute Gasteiger partial charge is 0.454 e. The molecule has 28 heavy (non-hydrogen) atoms. The number of carbonyl (C=O) groups excluding carboxylic acids is 3. The van der Waals surface area contributed by atoms with E-state index in [1.54, 1.807) is 49.4 Å². The van der Waals surface area contributed by atoms with Crippen molar-refractivity contribution in [2.75, 3.05) is 11.9 Å². The lowest BCUT2D eigenvalue weighted by atomic mass is 9.99. The monoisotopic (exact) mass is 377 g/mol. The highest BCUT2D eigenvalue weighted by atomic mass is 16.5. The SMILES string of the molecule is C[C@@H]1C(=O)Nc2ccc(C(=O)COC(=O)c3ccc(-c4nnco4)cc3)cc21. The van der Waals surface area contributed by atoms with Crippen molar-refractivity contribution in [3.63, 3.8) is 0 Å². The van der Waals surface area contributed by atoms with Crippen molar-refractivity contribution in [1.82, 2.24) is 10.2 Å². The summed E-state index contributed by atoms with van der Waals surface area (Å²) in [5.74, 6) is -1.03. The molecule has 4 rings (SSSR count). The van der Waals surface area contributed by atoms with Crippen LogP contribution in [0.3, 0.4) is 0 Å². The minimum absolute atomic E-state index is 0.102. The Morgan fingerprint density at radius 2 is 1.89 bits per heavy atom. The van der Waals surface area contributed by atoms with Crippen LogP contribution in [0.2, 0.25) is 0 Å². The topological polar surface area (TPSA) is 111 Å². The molecule has 0 fully saturated rings. The van der Waals surface area contributed by atoms with Gasteiger partial charge in [0.15, 0.2) is 12.4 Å². The van der Waals surface area contributed by atoms with Gasteiger partial charge in [-0.15, -0.1) is 10.2 Å². The first kappa shape index (κ1) is 17.6. The molecule has 1 N–H and O–H groups in total.